The van der Waals surface area contributed by atoms with E-state index in [1.807, 2.05) is 39.8 Å². The maximum Gasteiger partial charge on any atom is 0.410 e. The van der Waals surface area contributed by atoms with E-state index in [0.717, 1.165) is 27.7 Å². The molecule has 0 aliphatic carbocycles. The smallest absolute Gasteiger partial charge is 0.410 e. The predicted octanol–water partition coefficient (Wildman–Crippen LogP) is 4.58. The van der Waals surface area contributed by atoms with E-state index < -0.39 is 5.60 Å². The zero-order chi connectivity index (χ0) is 18.6. The molecule has 1 heterocycles. The van der Waals surface area contributed by atoms with Crippen molar-refractivity contribution >= 4 is 40.3 Å². The fourth-order valence-electron chi connectivity index (χ4n) is 2.88. The van der Waals surface area contributed by atoms with Gasteiger partial charge in [-0.25, -0.2) is 4.79 Å². The predicted molar refractivity (Wildman–Crippen MR) is 108 cm³/mol. The molecule has 2 rings (SSSR count). The number of carbonyl (C=O) groups is 2. The lowest BCUT2D eigenvalue weighted by Crippen LogP contribution is -2.42. The molecule has 0 unspecified atom stereocenters. The van der Waals surface area contributed by atoms with E-state index in [1.54, 1.807) is 4.90 Å². The van der Waals surface area contributed by atoms with Crippen LogP contribution in [0.4, 0.5) is 10.5 Å². The molecule has 1 fully saturated rings. The van der Waals surface area contributed by atoms with Crippen LogP contribution in [0.3, 0.4) is 0 Å². The highest BCUT2D eigenvalue weighted by atomic mass is 127. The van der Waals surface area contributed by atoms with Crippen molar-refractivity contribution in [1.29, 1.82) is 0 Å². The number of piperidine rings is 1. The molecule has 25 heavy (non-hydrogen) atoms. The summed E-state index contributed by atoms with van der Waals surface area (Å²) in [7, 11) is 0. The molecule has 0 spiro atoms. The fraction of sp³-hybridized carbons (Fsp3) is 0.579. The topological polar surface area (TPSA) is 58.6 Å². The molecule has 1 aromatic carbocycles. The molecule has 0 radical (unpaired) electrons. The Balaban J connectivity index is 1.79. The maximum absolute atomic E-state index is 12.3. The van der Waals surface area contributed by atoms with Gasteiger partial charge < -0.3 is 15.0 Å². The van der Waals surface area contributed by atoms with E-state index in [2.05, 4.69) is 34.0 Å². The third-order valence-electron chi connectivity index (χ3n) is 4.20. The fourth-order valence-corrected chi connectivity index (χ4v) is 3.52. The maximum atomic E-state index is 12.3. The number of carbonyl (C=O) groups excluding carboxylic acids is 2. The van der Waals surface area contributed by atoms with Crippen LogP contribution in [0.1, 0.15) is 45.6 Å². The number of likely N-dealkylation sites (tertiary alicyclic amines) is 1. The molecule has 1 N–H and O–H groups in total. The number of benzene rings is 1. The summed E-state index contributed by atoms with van der Waals surface area (Å²) in [6.07, 6.45) is 1.90. The van der Waals surface area contributed by atoms with Crippen LogP contribution in [0.2, 0.25) is 0 Å². The number of amides is 2. The molecule has 0 saturated carbocycles. The number of aryl methyl sites for hydroxylation is 1. The van der Waals surface area contributed by atoms with Crippen molar-refractivity contribution in [1.82, 2.24) is 4.90 Å². The van der Waals surface area contributed by atoms with Gasteiger partial charge in [0, 0.05) is 28.8 Å². The van der Waals surface area contributed by atoms with Crippen LogP contribution in [-0.4, -0.2) is 35.6 Å². The Hall–Kier alpha value is -1.31. The monoisotopic (exact) mass is 458 g/mol. The summed E-state index contributed by atoms with van der Waals surface area (Å²) in [6.45, 7) is 8.90. The molecule has 1 aliphatic heterocycles. The normalized spacial score (nSPS) is 15.8. The molecule has 2 amide bonds. The summed E-state index contributed by atoms with van der Waals surface area (Å²) >= 11 is 2.26. The molecule has 1 aliphatic rings. The minimum atomic E-state index is -0.473. The zero-order valence-electron chi connectivity index (χ0n) is 15.4. The highest BCUT2D eigenvalue weighted by Crippen LogP contribution is 2.24. The van der Waals surface area contributed by atoms with Crippen LogP contribution in [0, 0.1) is 16.4 Å². The lowest BCUT2D eigenvalue weighted by molar-refractivity contribution is -0.117. The number of rotatable bonds is 3. The van der Waals surface area contributed by atoms with E-state index in [4.69, 9.17) is 4.74 Å². The standard InChI is InChI=1S/C19H27IN2O3/c1-13-11-15(20)5-6-16(13)21-17(23)12-14-7-9-22(10-8-14)18(24)25-19(2,3)4/h5-6,11,14H,7-10,12H2,1-4H3,(H,21,23). The Kier molecular flexibility index (Phi) is 6.71. The van der Waals surface area contributed by atoms with Crippen LogP contribution in [0.25, 0.3) is 0 Å². The Morgan fingerprint density at radius 2 is 1.92 bits per heavy atom. The number of nitrogens with zero attached hydrogens (tertiary/aromatic N) is 1. The first kappa shape index (κ1) is 20.0. The second-order valence-electron chi connectivity index (χ2n) is 7.62. The van der Waals surface area contributed by atoms with Crippen LogP contribution in [0.5, 0.6) is 0 Å². The number of anilines is 1. The second kappa shape index (κ2) is 8.38. The van der Waals surface area contributed by atoms with Gasteiger partial charge >= 0.3 is 6.09 Å². The Morgan fingerprint density at radius 3 is 2.48 bits per heavy atom. The highest BCUT2D eigenvalue weighted by Gasteiger charge is 2.27. The minimum absolute atomic E-state index is 0.0417. The molecule has 0 atom stereocenters. The molecule has 1 saturated heterocycles. The van der Waals surface area contributed by atoms with E-state index >= 15 is 0 Å². The number of hydrogen-bond donors (Lipinski definition) is 1. The molecule has 1 aromatic rings. The molecule has 5 nitrogen and oxygen atoms in total. The summed E-state index contributed by atoms with van der Waals surface area (Å²) < 4.78 is 6.56. The SMILES string of the molecule is Cc1cc(I)ccc1NC(=O)CC1CCN(C(=O)OC(C)(C)C)CC1. The molecule has 0 aromatic heterocycles. The second-order valence-corrected chi connectivity index (χ2v) is 8.87. The van der Waals surface area contributed by atoms with Crippen LogP contribution in [-0.2, 0) is 9.53 Å². The molecule has 138 valence electrons. The third kappa shape index (κ3) is 6.49. The summed E-state index contributed by atoms with van der Waals surface area (Å²) in [6, 6.07) is 5.98. The largest absolute Gasteiger partial charge is 0.444 e. The van der Waals surface area contributed by atoms with Gasteiger partial charge in [-0.05, 0) is 92.8 Å². The quantitative estimate of drug-likeness (QED) is 0.675. The zero-order valence-corrected chi connectivity index (χ0v) is 17.6. The van der Waals surface area contributed by atoms with E-state index in [9.17, 15) is 9.59 Å². The van der Waals surface area contributed by atoms with Gasteiger partial charge in [0.15, 0.2) is 0 Å². The van der Waals surface area contributed by atoms with Crippen molar-refractivity contribution in [2.24, 2.45) is 5.92 Å². The van der Waals surface area contributed by atoms with Gasteiger partial charge in [-0.15, -0.1) is 0 Å². The summed E-state index contributed by atoms with van der Waals surface area (Å²) in [5.41, 5.74) is 1.47. The summed E-state index contributed by atoms with van der Waals surface area (Å²) in [4.78, 5) is 26.1. The van der Waals surface area contributed by atoms with Crippen molar-refractivity contribution in [3.63, 3.8) is 0 Å². The molecule has 0 bridgehead atoms. The van der Waals surface area contributed by atoms with Gasteiger partial charge in [-0.2, -0.15) is 0 Å². The van der Waals surface area contributed by atoms with Gasteiger partial charge in [-0.1, -0.05) is 0 Å². The van der Waals surface area contributed by atoms with Crippen molar-refractivity contribution in [3.05, 3.63) is 27.3 Å². The first-order chi connectivity index (χ1) is 11.6. The number of nitrogens with one attached hydrogen (secondary N) is 1. The van der Waals surface area contributed by atoms with E-state index in [0.29, 0.717) is 25.4 Å². The third-order valence-corrected chi connectivity index (χ3v) is 4.87. The Bertz CT molecular complexity index is 632. The average molecular weight is 458 g/mol. The van der Waals surface area contributed by atoms with Gasteiger partial charge in [0.05, 0.1) is 0 Å². The van der Waals surface area contributed by atoms with Crippen LogP contribution < -0.4 is 5.32 Å². The van der Waals surface area contributed by atoms with Gasteiger partial charge in [0.1, 0.15) is 5.60 Å². The van der Waals surface area contributed by atoms with Gasteiger partial charge in [0.25, 0.3) is 0 Å². The van der Waals surface area contributed by atoms with Gasteiger partial charge in [-0.3, -0.25) is 4.79 Å². The molecular weight excluding hydrogens is 431 g/mol. The number of hydrogen-bond acceptors (Lipinski definition) is 3. The van der Waals surface area contributed by atoms with Crippen molar-refractivity contribution in [2.45, 2.75) is 52.6 Å². The lowest BCUT2D eigenvalue weighted by atomic mass is 9.93. The Labute approximate surface area is 163 Å². The highest BCUT2D eigenvalue weighted by molar-refractivity contribution is 14.1. The van der Waals surface area contributed by atoms with Gasteiger partial charge in [0.2, 0.25) is 5.91 Å². The molecule has 6 heteroatoms. The van der Waals surface area contributed by atoms with Crippen LogP contribution in [0.15, 0.2) is 18.2 Å². The van der Waals surface area contributed by atoms with Crippen molar-refractivity contribution in [2.75, 3.05) is 18.4 Å². The number of ether oxygens (including phenoxy) is 1. The van der Waals surface area contributed by atoms with Crippen molar-refractivity contribution < 1.29 is 14.3 Å². The first-order valence-electron chi connectivity index (χ1n) is 8.68. The van der Waals surface area contributed by atoms with Crippen LogP contribution >= 0.6 is 22.6 Å². The molecular formula is C19H27IN2O3. The Morgan fingerprint density at radius 1 is 1.28 bits per heavy atom. The summed E-state index contributed by atoms with van der Waals surface area (Å²) in [5, 5.41) is 3.00. The van der Waals surface area contributed by atoms with E-state index in [1.165, 1.54) is 0 Å². The number of halogens is 1. The average Bonchev–Trinajstić information content (AvgIpc) is 2.49. The minimum Gasteiger partial charge on any atom is -0.444 e. The van der Waals surface area contributed by atoms with Crippen molar-refractivity contribution in [3.8, 4) is 0 Å². The first-order valence-corrected chi connectivity index (χ1v) is 9.76. The van der Waals surface area contributed by atoms with E-state index in [-0.39, 0.29) is 12.0 Å². The summed E-state index contributed by atoms with van der Waals surface area (Å²) in [5.74, 6) is 0.350. The lowest BCUT2D eigenvalue weighted by Gasteiger charge is -2.33.